The summed E-state index contributed by atoms with van der Waals surface area (Å²) in [5.74, 6) is 1.23. The van der Waals surface area contributed by atoms with Crippen LogP contribution in [0.2, 0.25) is 0 Å². The number of benzene rings is 2. The van der Waals surface area contributed by atoms with Gasteiger partial charge in [-0.3, -0.25) is 4.79 Å². The molecule has 116 valence electrons. The molecule has 2 rings (SSSR count). The summed E-state index contributed by atoms with van der Waals surface area (Å²) in [4.78, 5) is 12.3. The Morgan fingerprint density at radius 2 is 1.77 bits per heavy atom. The van der Waals surface area contributed by atoms with E-state index in [1.165, 1.54) is 0 Å². The van der Waals surface area contributed by atoms with E-state index in [-0.39, 0.29) is 5.91 Å². The van der Waals surface area contributed by atoms with E-state index >= 15 is 0 Å². The molecule has 0 aromatic heterocycles. The number of hydrogen-bond acceptors (Lipinski definition) is 3. The van der Waals surface area contributed by atoms with Gasteiger partial charge in [-0.1, -0.05) is 0 Å². The molecule has 0 saturated heterocycles. The highest BCUT2D eigenvalue weighted by atomic mass is 79.9. The van der Waals surface area contributed by atoms with Crippen LogP contribution in [0.25, 0.3) is 0 Å². The summed E-state index contributed by atoms with van der Waals surface area (Å²) in [6, 6.07) is 10.6. The van der Waals surface area contributed by atoms with Crippen molar-refractivity contribution in [3.63, 3.8) is 0 Å². The first-order valence-corrected chi connectivity index (χ1v) is 8.21. The van der Waals surface area contributed by atoms with Crippen molar-refractivity contribution in [1.29, 1.82) is 0 Å². The Kier molecular flexibility index (Phi) is 5.85. The molecule has 2 aromatic rings. The Hall–Kier alpha value is -1.53. The van der Waals surface area contributed by atoms with Crippen LogP contribution in [-0.2, 0) is 0 Å². The van der Waals surface area contributed by atoms with Crippen LogP contribution < -0.4 is 14.8 Å². The largest absolute Gasteiger partial charge is 0.496 e. The molecule has 22 heavy (non-hydrogen) atoms. The zero-order valence-corrected chi connectivity index (χ0v) is 15.3. The van der Waals surface area contributed by atoms with E-state index in [9.17, 15) is 4.79 Å². The summed E-state index contributed by atoms with van der Waals surface area (Å²) in [5.41, 5.74) is 1.23. The number of hydrogen-bond donors (Lipinski definition) is 1. The fourth-order valence-electron chi connectivity index (χ4n) is 1.86. The zero-order valence-electron chi connectivity index (χ0n) is 12.2. The molecule has 0 aliphatic rings. The van der Waals surface area contributed by atoms with Crippen LogP contribution in [0.1, 0.15) is 17.3 Å². The molecule has 2 aromatic carbocycles. The van der Waals surface area contributed by atoms with Crippen molar-refractivity contribution in [3.05, 3.63) is 50.9 Å². The first-order chi connectivity index (χ1) is 10.5. The van der Waals surface area contributed by atoms with E-state index in [4.69, 9.17) is 9.47 Å². The molecule has 0 saturated carbocycles. The molecule has 0 fully saturated rings. The van der Waals surface area contributed by atoms with Gasteiger partial charge in [0.1, 0.15) is 11.5 Å². The SMILES string of the molecule is CCOc1ccc(C(=O)Nc2ccc(OC)c(Br)c2)cc1Br. The zero-order chi connectivity index (χ0) is 16.1. The number of anilines is 1. The molecule has 0 radical (unpaired) electrons. The lowest BCUT2D eigenvalue weighted by Gasteiger charge is -2.10. The Bertz CT molecular complexity index is 689. The van der Waals surface area contributed by atoms with Crippen molar-refractivity contribution in [1.82, 2.24) is 0 Å². The van der Waals surface area contributed by atoms with E-state index in [0.717, 1.165) is 8.95 Å². The first kappa shape index (κ1) is 16.8. The van der Waals surface area contributed by atoms with Gasteiger partial charge in [-0.2, -0.15) is 0 Å². The van der Waals surface area contributed by atoms with Crippen molar-refractivity contribution in [2.24, 2.45) is 0 Å². The normalized spacial score (nSPS) is 10.2. The van der Waals surface area contributed by atoms with E-state index < -0.39 is 0 Å². The highest BCUT2D eigenvalue weighted by Gasteiger charge is 2.10. The topological polar surface area (TPSA) is 47.6 Å². The summed E-state index contributed by atoms with van der Waals surface area (Å²) in [6.45, 7) is 2.48. The molecule has 6 heteroatoms. The number of nitrogens with one attached hydrogen (secondary N) is 1. The second-order valence-corrected chi connectivity index (χ2v) is 6.09. The summed E-state index contributed by atoms with van der Waals surface area (Å²) >= 11 is 6.79. The van der Waals surface area contributed by atoms with Crippen LogP contribution >= 0.6 is 31.9 Å². The van der Waals surface area contributed by atoms with Crippen LogP contribution in [0.15, 0.2) is 45.3 Å². The van der Waals surface area contributed by atoms with Crippen molar-refractivity contribution in [2.45, 2.75) is 6.92 Å². The Morgan fingerprint density at radius 3 is 2.36 bits per heavy atom. The van der Waals surface area contributed by atoms with Crippen molar-refractivity contribution < 1.29 is 14.3 Å². The van der Waals surface area contributed by atoms with Crippen LogP contribution in [-0.4, -0.2) is 19.6 Å². The number of carbonyl (C=O) groups excluding carboxylic acids is 1. The minimum absolute atomic E-state index is 0.194. The van der Waals surface area contributed by atoms with E-state index in [0.29, 0.717) is 29.4 Å². The van der Waals surface area contributed by atoms with E-state index in [2.05, 4.69) is 37.2 Å². The predicted molar refractivity (Wildman–Crippen MR) is 94.0 cm³/mol. The molecule has 0 aliphatic carbocycles. The molecule has 0 unspecified atom stereocenters. The Balaban J connectivity index is 2.15. The Labute approximate surface area is 146 Å². The quantitative estimate of drug-likeness (QED) is 0.738. The summed E-state index contributed by atoms with van der Waals surface area (Å²) in [5, 5.41) is 2.84. The average Bonchev–Trinajstić information content (AvgIpc) is 2.49. The molecule has 1 N–H and O–H groups in total. The molecule has 0 atom stereocenters. The fourth-order valence-corrected chi connectivity index (χ4v) is 2.90. The smallest absolute Gasteiger partial charge is 0.255 e. The third-order valence-electron chi connectivity index (χ3n) is 2.90. The van der Waals surface area contributed by atoms with Gasteiger partial charge in [-0.25, -0.2) is 0 Å². The molecule has 4 nitrogen and oxygen atoms in total. The van der Waals surface area contributed by atoms with Gasteiger partial charge in [-0.15, -0.1) is 0 Å². The van der Waals surface area contributed by atoms with Crippen molar-refractivity contribution in [3.8, 4) is 11.5 Å². The maximum Gasteiger partial charge on any atom is 0.255 e. The molecule has 1 amide bonds. The lowest BCUT2D eigenvalue weighted by Crippen LogP contribution is -2.12. The highest BCUT2D eigenvalue weighted by molar-refractivity contribution is 9.10. The number of amides is 1. The molecular formula is C16H15Br2NO3. The number of ether oxygens (including phenoxy) is 2. The standard InChI is InChI=1S/C16H15Br2NO3/c1-3-22-15-6-4-10(8-12(15)17)16(20)19-11-5-7-14(21-2)13(18)9-11/h4-9H,3H2,1-2H3,(H,19,20). The maximum absolute atomic E-state index is 12.3. The number of halogens is 2. The minimum Gasteiger partial charge on any atom is -0.496 e. The van der Waals surface area contributed by atoms with Crippen molar-refractivity contribution in [2.75, 3.05) is 19.0 Å². The van der Waals surface area contributed by atoms with Gasteiger partial charge in [0.2, 0.25) is 0 Å². The average molecular weight is 429 g/mol. The van der Waals surface area contributed by atoms with Gasteiger partial charge in [0, 0.05) is 11.3 Å². The van der Waals surface area contributed by atoms with Gasteiger partial charge < -0.3 is 14.8 Å². The summed E-state index contributed by atoms with van der Waals surface area (Å²) < 4.78 is 12.1. The molecule has 0 bridgehead atoms. The van der Waals surface area contributed by atoms with Gasteiger partial charge in [0.25, 0.3) is 5.91 Å². The van der Waals surface area contributed by atoms with E-state index in [1.54, 1.807) is 43.5 Å². The highest BCUT2D eigenvalue weighted by Crippen LogP contribution is 2.29. The molecule has 0 spiro atoms. The number of rotatable bonds is 5. The van der Waals surface area contributed by atoms with Gasteiger partial charge in [-0.05, 0) is 75.2 Å². The lowest BCUT2D eigenvalue weighted by atomic mass is 10.2. The second-order valence-electron chi connectivity index (χ2n) is 4.38. The van der Waals surface area contributed by atoms with Gasteiger partial charge >= 0.3 is 0 Å². The third-order valence-corrected chi connectivity index (χ3v) is 4.14. The molecule has 0 heterocycles. The number of carbonyl (C=O) groups is 1. The van der Waals surface area contributed by atoms with Crippen LogP contribution in [0.5, 0.6) is 11.5 Å². The van der Waals surface area contributed by atoms with Gasteiger partial charge in [0.05, 0.1) is 22.7 Å². The third kappa shape index (κ3) is 4.01. The maximum atomic E-state index is 12.3. The van der Waals surface area contributed by atoms with Crippen LogP contribution in [0.4, 0.5) is 5.69 Å². The van der Waals surface area contributed by atoms with Gasteiger partial charge in [0.15, 0.2) is 0 Å². The predicted octanol–water partition coefficient (Wildman–Crippen LogP) is 4.87. The van der Waals surface area contributed by atoms with Crippen LogP contribution in [0.3, 0.4) is 0 Å². The minimum atomic E-state index is -0.194. The van der Waals surface area contributed by atoms with E-state index in [1.807, 2.05) is 6.92 Å². The van der Waals surface area contributed by atoms with Crippen LogP contribution in [0, 0.1) is 0 Å². The first-order valence-electron chi connectivity index (χ1n) is 6.62. The molecule has 0 aliphatic heterocycles. The monoisotopic (exact) mass is 427 g/mol. The lowest BCUT2D eigenvalue weighted by molar-refractivity contribution is 0.102. The summed E-state index contributed by atoms with van der Waals surface area (Å²) in [6.07, 6.45) is 0. The number of methoxy groups -OCH3 is 1. The summed E-state index contributed by atoms with van der Waals surface area (Å²) in [7, 11) is 1.59. The van der Waals surface area contributed by atoms with Crippen molar-refractivity contribution >= 4 is 43.5 Å². The second kappa shape index (κ2) is 7.65. The fraction of sp³-hybridized carbons (Fsp3) is 0.188. The Morgan fingerprint density at radius 1 is 1.09 bits per heavy atom. The molecular weight excluding hydrogens is 414 g/mol.